The lowest BCUT2D eigenvalue weighted by Gasteiger charge is -2.40. The molecule has 0 bridgehead atoms. The highest BCUT2D eigenvalue weighted by molar-refractivity contribution is 6.50. The second-order valence-electron chi connectivity index (χ2n) is 14.5. The van der Waals surface area contributed by atoms with Crippen LogP contribution in [0.15, 0.2) is 4.99 Å². The molecular weight excluding hydrogens is 452 g/mol. The Labute approximate surface area is 219 Å². The molecule has 36 heavy (non-hydrogen) atoms. The van der Waals surface area contributed by atoms with Gasteiger partial charge in [-0.3, -0.25) is 9.79 Å². The molecule has 208 valence electrons. The molecule has 3 rings (SSSR count). The van der Waals surface area contributed by atoms with E-state index >= 15 is 0 Å². The molecule has 3 fully saturated rings. The van der Waals surface area contributed by atoms with Gasteiger partial charge in [0.05, 0.1) is 0 Å². The van der Waals surface area contributed by atoms with Gasteiger partial charge in [-0.15, -0.1) is 0 Å². The van der Waals surface area contributed by atoms with E-state index in [1.807, 2.05) is 0 Å². The van der Waals surface area contributed by atoms with Crippen molar-refractivity contribution in [3.8, 4) is 0 Å². The summed E-state index contributed by atoms with van der Waals surface area (Å²) in [4.78, 5) is 17.3. The highest BCUT2D eigenvalue weighted by atomic mass is 16.3. The maximum Gasteiger partial charge on any atom is 0.199 e. The van der Waals surface area contributed by atoms with Crippen LogP contribution in [0, 0.1) is 10.8 Å². The van der Waals surface area contributed by atoms with Crippen LogP contribution in [-0.2, 0) is 4.79 Å². The molecule has 0 spiro atoms. The molecule has 0 aromatic heterocycles. The lowest BCUT2D eigenvalue weighted by Crippen LogP contribution is -2.65. The van der Waals surface area contributed by atoms with Crippen LogP contribution in [-0.4, -0.2) is 91.2 Å². The van der Waals surface area contributed by atoms with Gasteiger partial charge in [0.1, 0.15) is 17.9 Å². The first kappa shape index (κ1) is 29.7. The molecule has 0 aromatic rings. The summed E-state index contributed by atoms with van der Waals surface area (Å²) in [6, 6.07) is 0.463. The van der Waals surface area contributed by atoms with E-state index in [0.29, 0.717) is 30.9 Å². The fourth-order valence-electron chi connectivity index (χ4n) is 5.63. The number of nitrogens with one attached hydrogen (secondary N) is 5. The van der Waals surface area contributed by atoms with Gasteiger partial charge < -0.3 is 31.7 Å². The highest BCUT2D eigenvalue weighted by Gasteiger charge is 2.46. The quantitative estimate of drug-likeness (QED) is 0.253. The summed E-state index contributed by atoms with van der Waals surface area (Å²) in [5.41, 5.74) is 0.553. The van der Waals surface area contributed by atoms with Crippen molar-refractivity contribution in [2.24, 2.45) is 15.8 Å². The van der Waals surface area contributed by atoms with Crippen LogP contribution in [0.3, 0.4) is 0 Å². The van der Waals surface area contributed by atoms with Crippen molar-refractivity contribution >= 4 is 11.5 Å². The van der Waals surface area contributed by atoms with E-state index in [0.717, 1.165) is 51.9 Å². The van der Waals surface area contributed by atoms with E-state index < -0.39 is 12.1 Å². The van der Waals surface area contributed by atoms with Gasteiger partial charge in [0, 0.05) is 49.3 Å². The van der Waals surface area contributed by atoms with E-state index in [-0.39, 0.29) is 27.7 Å². The van der Waals surface area contributed by atoms with Gasteiger partial charge in [-0.25, -0.2) is 0 Å². The minimum Gasteiger partial charge on any atom is -0.385 e. The number of rotatable bonds is 11. The number of hydrogen-bond donors (Lipinski definition) is 6. The van der Waals surface area contributed by atoms with Gasteiger partial charge >= 0.3 is 0 Å². The summed E-state index contributed by atoms with van der Waals surface area (Å²) in [5.74, 6) is -0.0600. The summed E-state index contributed by atoms with van der Waals surface area (Å²) >= 11 is 0. The number of ketones is 1. The van der Waals surface area contributed by atoms with Gasteiger partial charge in [0.2, 0.25) is 0 Å². The van der Waals surface area contributed by atoms with Crippen LogP contribution in [0.1, 0.15) is 81.1 Å². The first-order chi connectivity index (χ1) is 16.6. The Kier molecular flexibility index (Phi) is 9.44. The molecule has 0 aromatic carbocycles. The summed E-state index contributed by atoms with van der Waals surface area (Å²) in [6.45, 7) is 22.7. The van der Waals surface area contributed by atoms with Crippen molar-refractivity contribution in [2.45, 2.75) is 116 Å². The highest BCUT2D eigenvalue weighted by Crippen LogP contribution is 2.24. The zero-order chi connectivity index (χ0) is 26.8. The molecule has 1 saturated carbocycles. The van der Waals surface area contributed by atoms with E-state index in [1.54, 1.807) is 0 Å². The van der Waals surface area contributed by atoms with Gasteiger partial charge in [-0.2, -0.15) is 0 Å². The van der Waals surface area contributed by atoms with Crippen molar-refractivity contribution in [1.82, 2.24) is 26.6 Å². The molecule has 2 heterocycles. The minimum absolute atomic E-state index is 0.0290. The number of hydrogen-bond acceptors (Lipinski definition) is 8. The van der Waals surface area contributed by atoms with Crippen LogP contribution in [0.25, 0.3) is 0 Å². The molecule has 4 atom stereocenters. The Morgan fingerprint density at radius 1 is 0.861 bits per heavy atom. The maximum absolute atomic E-state index is 12.8. The van der Waals surface area contributed by atoms with Gasteiger partial charge in [-0.05, 0) is 77.3 Å². The molecule has 0 amide bonds. The normalized spacial score (nSPS) is 31.9. The summed E-state index contributed by atoms with van der Waals surface area (Å²) in [5, 5.41) is 28.5. The van der Waals surface area contributed by atoms with Gasteiger partial charge in [0.15, 0.2) is 5.78 Å². The fourth-order valence-corrected chi connectivity index (χ4v) is 5.63. The SMILES string of the molecule is CC(C)(CN=C1C(=O)C(NCC(C)(C)CNC2CCNC(C)(C)C2)C1O)CNC1CCNC(C)(C)C1. The third-order valence-electron chi connectivity index (χ3n) is 8.05. The number of carbonyl (C=O) groups is 1. The first-order valence-electron chi connectivity index (χ1n) is 14.1. The van der Waals surface area contributed by atoms with Gasteiger partial charge in [-0.1, -0.05) is 27.7 Å². The largest absolute Gasteiger partial charge is 0.385 e. The second-order valence-corrected chi connectivity index (χ2v) is 14.5. The molecule has 8 nitrogen and oxygen atoms in total. The number of piperidine rings is 2. The van der Waals surface area contributed by atoms with Crippen molar-refractivity contribution in [3.05, 3.63) is 0 Å². The average molecular weight is 507 g/mol. The maximum atomic E-state index is 12.8. The summed E-state index contributed by atoms with van der Waals surface area (Å²) in [6.07, 6.45) is 3.65. The molecular formula is C28H54N6O2. The van der Waals surface area contributed by atoms with E-state index in [4.69, 9.17) is 0 Å². The molecule has 6 N–H and O–H groups in total. The van der Waals surface area contributed by atoms with E-state index in [9.17, 15) is 9.90 Å². The lowest BCUT2D eigenvalue weighted by molar-refractivity contribution is -0.121. The molecule has 4 unspecified atom stereocenters. The predicted molar refractivity (Wildman–Crippen MR) is 149 cm³/mol. The predicted octanol–water partition coefficient (Wildman–Crippen LogP) is 1.62. The number of aliphatic hydroxyl groups is 1. The third-order valence-corrected chi connectivity index (χ3v) is 8.05. The van der Waals surface area contributed by atoms with E-state index in [1.165, 1.54) is 0 Å². The van der Waals surface area contributed by atoms with Crippen LogP contribution in [0.4, 0.5) is 0 Å². The Hall–Kier alpha value is -0.900. The number of carbonyl (C=O) groups excluding carboxylic acids is 1. The monoisotopic (exact) mass is 506 g/mol. The summed E-state index contributed by atoms with van der Waals surface area (Å²) < 4.78 is 0. The van der Waals surface area contributed by atoms with Crippen LogP contribution in [0.2, 0.25) is 0 Å². The van der Waals surface area contributed by atoms with Crippen molar-refractivity contribution < 1.29 is 9.90 Å². The zero-order valence-corrected chi connectivity index (χ0v) is 24.2. The Balaban J connectivity index is 1.40. The topological polar surface area (TPSA) is 110 Å². The van der Waals surface area contributed by atoms with Crippen molar-refractivity contribution in [3.63, 3.8) is 0 Å². The number of Topliss-reactive ketones (excluding diaryl/α,β-unsaturated/α-hetero) is 1. The minimum atomic E-state index is -0.819. The zero-order valence-electron chi connectivity index (χ0n) is 24.2. The van der Waals surface area contributed by atoms with Crippen LogP contribution >= 0.6 is 0 Å². The fraction of sp³-hybridized carbons (Fsp3) is 0.929. The second kappa shape index (κ2) is 11.5. The lowest BCUT2D eigenvalue weighted by atomic mass is 9.82. The van der Waals surface area contributed by atoms with Gasteiger partial charge in [0.25, 0.3) is 0 Å². The number of aliphatic imine (C=N–C) groups is 1. The average Bonchev–Trinajstić information content (AvgIpc) is 2.75. The van der Waals surface area contributed by atoms with Crippen molar-refractivity contribution in [2.75, 3.05) is 39.3 Å². The molecule has 2 saturated heterocycles. The molecule has 3 aliphatic rings. The standard InChI is InChI=1S/C28H54N6O2/c1-25(2,15-29-19-9-11-33-27(5,6)13-19)17-31-21-23(35)22(24(21)36)32-18-26(3,4)16-30-20-10-12-34-28(7,8)14-20/h19-21,23,29-31,33-35H,9-18H2,1-8H3. The summed E-state index contributed by atoms with van der Waals surface area (Å²) in [7, 11) is 0. The molecule has 0 radical (unpaired) electrons. The van der Waals surface area contributed by atoms with Crippen molar-refractivity contribution in [1.29, 1.82) is 0 Å². The molecule has 2 aliphatic heterocycles. The Morgan fingerprint density at radius 2 is 1.33 bits per heavy atom. The molecule has 1 aliphatic carbocycles. The Bertz CT molecular complexity index is 791. The van der Waals surface area contributed by atoms with E-state index in [2.05, 4.69) is 87.0 Å². The van der Waals surface area contributed by atoms with Crippen LogP contribution in [0.5, 0.6) is 0 Å². The number of nitrogens with zero attached hydrogens (tertiary/aromatic N) is 1. The Morgan fingerprint density at radius 3 is 1.81 bits per heavy atom. The third kappa shape index (κ3) is 8.57. The smallest absolute Gasteiger partial charge is 0.199 e. The first-order valence-corrected chi connectivity index (χ1v) is 14.1. The molecule has 8 heteroatoms. The number of aliphatic hydroxyl groups excluding tert-OH is 1. The van der Waals surface area contributed by atoms with Crippen LogP contribution < -0.4 is 26.6 Å².